The fraction of sp³-hybridized carbons (Fsp3) is 0.226. The predicted molar refractivity (Wildman–Crippen MR) is 147 cm³/mol. The molecular formula is C31H30N2O5. The summed E-state index contributed by atoms with van der Waals surface area (Å²) in [6, 6.07) is 14.8. The van der Waals surface area contributed by atoms with E-state index in [1.807, 2.05) is 12.1 Å². The summed E-state index contributed by atoms with van der Waals surface area (Å²) in [4.78, 5) is 52.0. The number of ether oxygens (including phenoxy) is 1. The van der Waals surface area contributed by atoms with Crippen LogP contribution in [0, 0.1) is 0 Å². The van der Waals surface area contributed by atoms with Gasteiger partial charge in [-0.3, -0.25) is 14.4 Å². The summed E-state index contributed by atoms with van der Waals surface area (Å²) in [5.74, 6) is -2.11. The van der Waals surface area contributed by atoms with Crippen molar-refractivity contribution in [3.8, 4) is 5.75 Å². The van der Waals surface area contributed by atoms with Gasteiger partial charge >= 0.3 is 5.97 Å². The first-order chi connectivity index (χ1) is 18.3. The second kappa shape index (κ2) is 11.7. The average molecular weight is 511 g/mol. The number of esters is 1. The number of anilines is 2. The Morgan fingerprint density at radius 1 is 0.921 bits per heavy atom. The minimum atomic E-state index is -0.814. The van der Waals surface area contributed by atoms with E-state index in [2.05, 4.69) is 18.8 Å². The standard InChI is InChI=1S/C31H30N2O5/c1-3-5-6-7-8-11-19-14-16-20(17-15-19)38-31(37)23-18-24(33-25(34)4-2)26-27(28(23)32)30(36)22-13-10-9-12-21(22)29(26)35/h4,9-10,12-18H,2-3,5-8,11,32H2,1H3,(H,33,34). The highest BCUT2D eigenvalue weighted by molar-refractivity contribution is 6.33. The highest BCUT2D eigenvalue weighted by atomic mass is 16.5. The van der Waals surface area contributed by atoms with Crippen molar-refractivity contribution in [2.24, 2.45) is 0 Å². The normalized spacial score (nSPS) is 11.9. The molecule has 38 heavy (non-hydrogen) atoms. The van der Waals surface area contributed by atoms with Crippen LogP contribution in [0.5, 0.6) is 5.75 Å². The van der Waals surface area contributed by atoms with E-state index in [-0.39, 0.29) is 39.2 Å². The maximum Gasteiger partial charge on any atom is 0.345 e. The zero-order valence-electron chi connectivity index (χ0n) is 21.3. The molecule has 0 atom stereocenters. The van der Waals surface area contributed by atoms with Gasteiger partial charge in [-0.15, -0.1) is 0 Å². The van der Waals surface area contributed by atoms with Crippen molar-refractivity contribution in [2.45, 2.75) is 45.4 Å². The van der Waals surface area contributed by atoms with Crippen LogP contribution in [0.4, 0.5) is 11.4 Å². The first-order valence-electron chi connectivity index (χ1n) is 12.7. The molecule has 0 aliphatic heterocycles. The van der Waals surface area contributed by atoms with Gasteiger partial charge in [0.05, 0.1) is 28.1 Å². The number of carbonyl (C=O) groups excluding carboxylic acids is 4. The van der Waals surface area contributed by atoms with Gasteiger partial charge < -0.3 is 15.8 Å². The third-order valence-electron chi connectivity index (χ3n) is 6.60. The summed E-state index contributed by atoms with van der Waals surface area (Å²) in [5.41, 5.74) is 7.28. The largest absolute Gasteiger partial charge is 0.423 e. The highest BCUT2D eigenvalue weighted by Gasteiger charge is 2.36. The van der Waals surface area contributed by atoms with E-state index in [1.165, 1.54) is 43.9 Å². The Kier molecular flexibility index (Phi) is 8.16. The lowest BCUT2D eigenvalue weighted by Gasteiger charge is -2.23. The Bertz CT molecular complexity index is 1420. The number of nitrogen functional groups attached to an aromatic ring is 1. The van der Waals surface area contributed by atoms with E-state index < -0.39 is 23.4 Å². The molecular weight excluding hydrogens is 480 g/mol. The van der Waals surface area contributed by atoms with Gasteiger partial charge in [0.25, 0.3) is 0 Å². The topological polar surface area (TPSA) is 116 Å². The van der Waals surface area contributed by atoms with E-state index in [0.717, 1.165) is 24.5 Å². The number of benzene rings is 3. The van der Waals surface area contributed by atoms with Crippen molar-refractivity contribution in [1.82, 2.24) is 0 Å². The number of ketones is 2. The molecule has 0 radical (unpaired) electrons. The van der Waals surface area contributed by atoms with Crippen LogP contribution in [0.2, 0.25) is 0 Å². The Labute approximate surface area is 221 Å². The zero-order chi connectivity index (χ0) is 27.2. The van der Waals surface area contributed by atoms with Gasteiger partial charge in [0, 0.05) is 11.1 Å². The molecule has 1 aliphatic carbocycles. The van der Waals surface area contributed by atoms with Crippen molar-refractivity contribution < 1.29 is 23.9 Å². The number of aryl methyl sites for hydroxylation is 1. The Hall–Kier alpha value is -4.52. The van der Waals surface area contributed by atoms with Gasteiger partial charge in [-0.25, -0.2) is 4.79 Å². The van der Waals surface area contributed by atoms with Crippen LogP contribution in [0.1, 0.15) is 86.8 Å². The van der Waals surface area contributed by atoms with Crippen LogP contribution in [-0.2, 0) is 11.2 Å². The Balaban J connectivity index is 1.63. The molecule has 0 spiro atoms. The van der Waals surface area contributed by atoms with Crippen LogP contribution >= 0.6 is 0 Å². The zero-order valence-corrected chi connectivity index (χ0v) is 21.3. The minimum absolute atomic E-state index is 0.0164. The summed E-state index contributed by atoms with van der Waals surface area (Å²) in [6.07, 6.45) is 7.91. The molecule has 4 rings (SSSR count). The van der Waals surface area contributed by atoms with Crippen LogP contribution in [0.3, 0.4) is 0 Å². The number of hydrogen-bond acceptors (Lipinski definition) is 6. The van der Waals surface area contributed by atoms with E-state index in [1.54, 1.807) is 24.3 Å². The molecule has 0 saturated heterocycles. The molecule has 7 heteroatoms. The van der Waals surface area contributed by atoms with Gasteiger partial charge in [-0.05, 0) is 42.7 Å². The SMILES string of the molecule is C=CC(=O)Nc1cc(C(=O)Oc2ccc(CCCCCCC)cc2)c(N)c2c1C(=O)c1ccccc1C2=O. The van der Waals surface area contributed by atoms with E-state index in [4.69, 9.17) is 10.5 Å². The molecule has 0 unspecified atom stereocenters. The van der Waals surface area contributed by atoms with E-state index in [0.29, 0.717) is 5.75 Å². The van der Waals surface area contributed by atoms with Crippen LogP contribution in [-0.4, -0.2) is 23.4 Å². The maximum absolute atomic E-state index is 13.4. The highest BCUT2D eigenvalue weighted by Crippen LogP contribution is 2.38. The number of amides is 1. The fourth-order valence-corrected chi connectivity index (χ4v) is 4.59. The van der Waals surface area contributed by atoms with Crippen molar-refractivity contribution in [3.63, 3.8) is 0 Å². The smallest absolute Gasteiger partial charge is 0.345 e. The average Bonchev–Trinajstić information content (AvgIpc) is 2.93. The summed E-state index contributed by atoms with van der Waals surface area (Å²) in [5, 5.41) is 2.53. The number of hydrogen-bond donors (Lipinski definition) is 2. The van der Waals surface area contributed by atoms with E-state index in [9.17, 15) is 19.2 Å². The van der Waals surface area contributed by atoms with Crippen molar-refractivity contribution in [2.75, 3.05) is 11.1 Å². The predicted octanol–water partition coefficient (Wildman–Crippen LogP) is 5.90. The molecule has 3 aromatic rings. The monoisotopic (exact) mass is 510 g/mol. The number of nitrogens with two attached hydrogens (primary N) is 1. The molecule has 0 heterocycles. The molecule has 0 aromatic heterocycles. The second-order valence-electron chi connectivity index (χ2n) is 9.23. The molecule has 7 nitrogen and oxygen atoms in total. The number of fused-ring (bicyclic) bond motifs is 2. The molecule has 3 aromatic carbocycles. The third kappa shape index (κ3) is 5.42. The van der Waals surface area contributed by atoms with Gasteiger partial charge in [-0.1, -0.05) is 75.6 Å². The van der Waals surface area contributed by atoms with Gasteiger partial charge in [0.15, 0.2) is 11.6 Å². The minimum Gasteiger partial charge on any atom is -0.423 e. The number of rotatable bonds is 10. The van der Waals surface area contributed by atoms with E-state index >= 15 is 0 Å². The second-order valence-corrected chi connectivity index (χ2v) is 9.23. The van der Waals surface area contributed by atoms with Crippen molar-refractivity contribution in [3.05, 3.63) is 101 Å². The lowest BCUT2D eigenvalue weighted by atomic mass is 9.81. The number of unbranched alkanes of at least 4 members (excludes halogenated alkanes) is 4. The Morgan fingerprint density at radius 2 is 1.55 bits per heavy atom. The molecule has 0 fully saturated rings. The first-order valence-corrected chi connectivity index (χ1v) is 12.7. The van der Waals surface area contributed by atoms with Gasteiger partial charge in [0.1, 0.15) is 5.75 Å². The molecule has 0 bridgehead atoms. The summed E-state index contributed by atoms with van der Waals surface area (Å²) >= 11 is 0. The maximum atomic E-state index is 13.4. The molecule has 194 valence electrons. The number of carbonyl (C=O) groups is 4. The number of nitrogens with one attached hydrogen (secondary N) is 1. The van der Waals surface area contributed by atoms with Gasteiger partial charge in [-0.2, -0.15) is 0 Å². The summed E-state index contributed by atoms with van der Waals surface area (Å²) in [6.45, 7) is 5.61. The van der Waals surface area contributed by atoms with Crippen molar-refractivity contribution in [1.29, 1.82) is 0 Å². The first kappa shape index (κ1) is 26.5. The summed E-state index contributed by atoms with van der Waals surface area (Å²) < 4.78 is 5.55. The molecule has 1 amide bonds. The lowest BCUT2D eigenvalue weighted by molar-refractivity contribution is -0.111. The quantitative estimate of drug-likeness (QED) is 0.0902. The third-order valence-corrected chi connectivity index (χ3v) is 6.60. The van der Waals surface area contributed by atoms with Crippen LogP contribution < -0.4 is 15.8 Å². The lowest BCUT2D eigenvalue weighted by Crippen LogP contribution is -2.27. The van der Waals surface area contributed by atoms with Crippen LogP contribution in [0.15, 0.2) is 67.3 Å². The molecule has 3 N–H and O–H groups in total. The summed E-state index contributed by atoms with van der Waals surface area (Å²) in [7, 11) is 0. The van der Waals surface area contributed by atoms with Crippen LogP contribution in [0.25, 0.3) is 0 Å². The molecule has 1 aliphatic rings. The van der Waals surface area contributed by atoms with Gasteiger partial charge in [0.2, 0.25) is 5.91 Å². The molecule has 0 saturated carbocycles. The fourth-order valence-electron chi connectivity index (χ4n) is 4.59. The van der Waals surface area contributed by atoms with Crippen molar-refractivity contribution >= 4 is 34.8 Å². The Morgan fingerprint density at radius 3 is 2.18 bits per heavy atom.